The van der Waals surface area contributed by atoms with Crippen molar-refractivity contribution in [3.05, 3.63) is 102 Å². The van der Waals surface area contributed by atoms with Crippen LogP contribution in [0.4, 0.5) is 0 Å². The van der Waals surface area contributed by atoms with Gasteiger partial charge in [0.1, 0.15) is 5.75 Å². The standard InChI is InChI=1S/C22H20O/c1-4-10-18(11-5-1)22(19-12-6-2-7-13-19)16-20(22)17-23-21-14-8-3-9-15-21/h1-15,20H,16-17H2/t20-/m0/s1. The van der Waals surface area contributed by atoms with Crippen molar-refractivity contribution in [1.82, 2.24) is 0 Å². The monoisotopic (exact) mass is 300 g/mol. The van der Waals surface area contributed by atoms with E-state index in [1.807, 2.05) is 30.3 Å². The Balaban J connectivity index is 1.60. The van der Waals surface area contributed by atoms with Gasteiger partial charge in [-0.2, -0.15) is 0 Å². The van der Waals surface area contributed by atoms with Crippen molar-refractivity contribution in [2.45, 2.75) is 11.8 Å². The van der Waals surface area contributed by atoms with Crippen LogP contribution in [-0.4, -0.2) is 6.61 Å². The van der Waals surface area contributed by atoms with Gasteiger partial charge < -0.3 is 4.74 Å². The van der Waals surface area contributed by atoms with Crippen LogP contribution >= 0.6 is 0 Å². The topological polar surface area (TPSA) is 9.23 Å². The number of hydrogen-bond acceptors (Lipinski definition) is 1. The van der Waals surface area contributed by atoms with Gasteiger partial charge in [-0.25, -0.2) is 0 Å². The third-order valence-corrected chi connectivity index (χ3v) is 4.88. The van der Waals surface area contributed by atoms with Crippen molar-refractivity contribution in [3.63, 3.8) is 0 Å². The van der Waals surface area contributed by atoms with Gasteiger partial charge in [-0.15, -0.1) is 0 Å². The summed E-state index contributed by atoms with van der Waals surface area (Å²) in [5.41, 5.74) is 2.90. The van der Waals surface area contributed by atoms with E-state index < -0.39 is 0 Å². The highest BCUT2D eigenvalue weighted by Gasteiger charge is 2.56. The highest BCUT2D eigenvalue weighted by atomic mass is 16.5. The maximum absolute atomic E-state index is 6.03. The number of benzene rings is 3. The molecular weight excluding hydrogens is 280 g/mol. The SMILES string of the molecule is c1ccc(OC[C@@H]2CC2(c2ccccc2)c2ccccc2)cc1. The van der Waals surface area contributed by atoms with Gasteiger partial charge in [0.25, 0.3) is 0 Å². The molecular formula is C22H20O. The summed E-state index contributed by atoms with van der Waals surface area (Å²) in [6.45, 7) is 0.758. The first-order chi connectivity index (χ1) is 11.4. The third-order valence-electron chi connectivity index (χ3n) is 4.88. The Morgan fingerprint density at radius 1 is 0.696 bits per heavy atom. The zero-order valence-electron chi connectivity index (χ0n) is 13.1. The van der Waals surface area contributed by atoms with Gasteiger partial charge in [0.2, 0.25) is 0 Å². The minimum Gasteiger partial charge on any atom is -0.493 e. The van der Waals surface area contributed by atoms with Crippen LogP contribution in [-0.2, 0) is 5.41 Å². The van der Waals surface area contributed by atoms with Gasteiger partial charge >= 0.3 is 0 Å². The molecule has 0 aliphatic heterocycles. The molecule has 1 heteroatoms. The first-order valence-electron chi connectivity index (χ1n) is 8.18. The van der Waals surface area contributed by atoms with E-state index in [1.54, 1.807) is 0 Å². The zero-order valence-corrected chi connectivity index (χ0v) is 13.1. The highest BCUT2D eigenvalue weighted by Crippen LogP contribution is 2.58. The van der Waals surface area contributed by atoms with E-state index in [2.05, 4.69) is 60.7 Å². The lowest BCUT2D eigenvalue weighted by Crippen LogP contribution is -2.16. The summed E-state index contributed by atoms with van der Waals surface area (Å²) in [5.74, 6) is 1.47. The van der Waals surface area contributed by atoms with Crippen LogP contribution in [0.3, 0.4) is 0 Å². The fraction of sp³-hybridized carbons (Fsp3) is 0.182. The molecule has 1 saturated carbocycles. The van der Waals surface area contributed by atoms with Crippen LogP contribution < -0.4 is 4.74 Å². The molecule has 0 radical (unpaired) electrons. The molecule has 114 valence electrons. The predicted molar refractivity (Wildman–Crippen MR) is 93.7 cm³/mol. The van der Waals surface area contributed by atoms with Gasteiger partial charge in [0, 0.05) is 11.3 Å². The Bertz CT molecular complexity index is 710. The van der Waals surface area contributed by atoms with Crippen molar-refractivity contribution in [2.24, 2.45) is 5.92 Å². The molecule has 1 fully saturated rings. The largest absolute Gasteiger partial charge is 0.493 e. The summed E-state index contributed by atoms with van der Waals surface area (Å²) >= 11 is 0. The van der Waals surface area contributed by atoms with E-state index in [0.717, 1.165) is 18.8 Å². The van der Waals surface area contributed by atoms with Crippen LogP contribution in [0.15, 0.2) is 91.0 Å². The molecule has 0 aromatic heterocycles. The minimum absolute atomic E-state index is 0.108. The fourth-order valence-electron chi connectivity index (χ4n) is 3.59. The van der Waals surface area contributed by atoms with Gasteiger partial charge in [0.05, 0.1) is 6.61 Å². The van der Waals surface area contributed by atoms with E-state index in [-0.39, 0.29) is 5.41 Å². The summed E-state index contributed by atoms with van der Waals surface area (Å²) in [5, 5.41) is 0. The van der Waals surface area contributed by atoms with Gasteiger partial charge in [0.15, 0.2) is 0 Å². The molecule has 0 heterocycles. The predicted octanol–water partition coefficient (Wildman–Crippen LogP) is 5.07. The van der Waals surface area contributed by atoms with Crippen LogP contribution in [0.1, 0.15) is 17.5 Å². The minimum atomic E-state index is 0.108. The molecule has 0 amide bonds. The van der Waals surface area contributed by atoms with Crippen LogP contribution in [0.2, 0.25) is 0 Å². The number of rotatable bonds is 5. The van der Waals surface area contributed by atoms with E-state index in [0.29, 0.717) is 5.92 Å². The molecule has 1 atom stereocenters. The molecule has 1 aliphatic rings. The Labute approximate surface area is 137 Å². The van der Waals surface area contributed by atoms with E-state index >= 15 is 0 Å². The lowest BCUT2D eigenvalue weighted by molar-refractivity contribution is 0.290. The van der Waals surface area contributed by atoms with E-state index in [1.165, 1.54) is 11.1 Å². The molecule has 3 aromatic carbocycles. The lowest BCUT2D eigenvalue weighted by Gasteiger charge is -2.19. The van der Waals surface area contributed by atoms with Crippen LogP contribution in [0.5, 0.6) is 5.75 Å². The molecule has 0 N–H and O–H groups in total. The summed E-state index contributed by atoms with van der Waals surface area (Å²) in [6.07, 6.45) is 1.15. The first kappa shape index (κ1) is 14.1. The van der Waals surface area contributed by atoms with Crippen LogP contribution in [0.25, 0.3) is 0 Å². The fourth-order valence-corrected chi connectivity index (χ4v) is 3.59. The van der Waals surface area contributed by atoms with Gasteiger partial charge in [-0.1, -0.05) is 78.9 Å². The molecule has 1 nitrogen and oxygen atoms in total. The van der Waals surface area contributed by atoms with Crippen molar-refractivity contribution >= 4 is 0 Å². The molecule has 4 rings (SSSR count). The normalized spacial score (nSPS) is 18.3. The lowest BCUT2D eigenvalue weighted by atomic mass is 9.86. The second kappa shape index (κ2) is 5.92. The van der Waals surface area contributed by atoms with Gasteiger partial charge in [-0.3, -0.25) is 0 Å². The zero-order chi connectivity index (χ0) is 15.5. The highest BCUT2D eigenvalue weighted by molar-refractivity contribution is 5.47. The van der Waals surface area contributed by atoms with Crippen molar-refractivity contribution in [3.8, 4) is 5.75 Å². The average Bonchev–Trinajstić information content (AvgIpc) is 3.38. The average molecular weight is 300 g/mol. The molecule has 3 aromatic rings. The van der Waals surface area contributed by atoms with Crippen molar-refractivity contribution in [2.75, 3.05) is 6.61 Å². The quantitative estimate of drug-likeness (QED) is 0.639. The molecule has 0 unspecified atom stereocenters. The number of hydrogen-bond donors (Lipinski definition) is 0. The second-order valence-corrected chi connectivity index (χ2v) is 6.23. The summed E-state index contributed by atoms with van der Waals surface area (Å²) in [4.78, 5) is 0. The van der Waals surface area contributed by atoms with E-state index in [4.69, 9.17) is 4.74 Å². The molecule has 0 spiro atoms. The molecule has 0 saturated heterocycles. The van der Waals surface area contributed by atoms with Crippen LogP contribution in [0, 0.1) is 5.92 Å². The number of ether oxygens (including phenoxy) is 1. The number of para-hydroxylation sites is 1. The summed E-state index contributed by atoms with van der Waals surface area (Å²) in [6, 6.07) is 31.8. The van der Waals surface area contributed by atoms with Gasteiger partial charge in [-0.05, 0) is 29.7 Å². The summed E-state index contributed by atoms with van der Waals surface area (Å²) in [7, 11) is 0. The maximum atomic E-state index is 6.03. The van der Waals surface area contributed by atoms with Crippen molar-refractivity contribution in [1.29, 1.82) is 0 Å². The van der Waals surface area contributed by atoms with E-state index in [9.17, 15) is 0 Å². The second-order valence-electron chi connectivity index (χ2n) is 6.23. The maximum Gasteiger partial charge on any atom is 0.119 e. The Morgan fingerprint density at radius 2 is 1.17 bits per heavy atom. The van der Waals surface area contributed by atoms with Crippen molar-refractivity contribution < 1.29 is 4.74 Å². The Hall–Kier alpha value is -2.54. The summed E-state index contributed by atoms with van der Waals surface area (Å²) < 4.78 is 6.03. The molecule has 23 heavy (non-hydrogen) atoms. The Morgan fingerprint density at radius 3 is 1.70 bits per heavy atom. The first-order valence-corrected chi connectivity index (χ1v) is 8.18. The smallest absolute Gasteiger partial charge is 0.119 e. The third kappa shape index (κ3) is 2.63. The molecule has 0 bridgehead atoms. The molecule has 1 aliphatic carbocycles. The Kier molecular flexibility index (Phi) is 3.63.